The number of carboxylic acid groups (broad SMARTS) is 2. The zero-order valence-corrected chi connectivity index (χ0v) is 19.9. The van der Waals surface area contributed by atoms with Crippen LogP contribution >= 0.6 is 0 Å². The van der Waals surface area contributed by atoms with E-state index >= 15 is 0 Å². The number of aliphatic carboxylic acids is 2. The minimum absolute atomic E-state index is 0.0537. The lowest BCUT2D eigenvalue weighted by molar-refractivity contribution is -0.385. The first-order chi connectivity index (χ1) is 17.5. The fraction of sp³-hybridized carbons (Fsp3) is 0.318. The minimum atomic E-state index is -1.82. The van der Waals surface area contributed by atoms with E-state index < -0.39 is 21.8 Å². The molecule has 1 fully saturated rings. The molecule has 37 heavy (non-hydrogen) atoms. The van der Waals surface area contributed by atoms with Gasteiger partial charge in [0.2, 0.25) is 0 Å². The van der Waals surface area contributed by atoms with Gasteiger partial charge in [0, 0.05) is 56.0 Å². The van der Waals surface area contributed by atoms with Crippen molar-refractivity contribution >= 4 is 29.2 Å². The first kappa shape index (κ1) is 28.4. The summed E-state index contributed by atoms with van der Waals surface area (Å²) in [6.45, 7) is 2.28. The van der Waals surface area contributed by atoms with Gasteiger partial charge in [-0.3, -0.25) is 29.9 Å². The predicted molar refractivity (Wildman–Crippen MR) is 126 cm³/mol. The van der Waals surface area contributed by atoms with Gasteiger partial charge < -0.3 is 24.6 Å². The summed E-state index contributed by atoms with van der Waals surface area (Å²) in [6.07, 6.45) is 0. The molecule has 2 N–H and O–H groups in total. The lowest BCUT2D eigenvalue weighted by atomic mass is 10.1. The molecule has 1 aliphatic heterocycles. The highest BCUT2D eigenvalue weighted by atomic mass is 16.6. The van der Waals surface area contributed by atoms with Gasteiger partial charge in [0.1, 0.15) is 0 Å². The maximum Gasteiger partial charge on any atom is 0.414 e. The summed E-state index contributed by atoms with van der Waals surface area (Å²) in [5, 5.41) is 37.0. The minimum Gasteiger partial charge on any atom is -0.493 e. The van der Waals surface area contributed by atoms with Crippen molar-refractivity contribution in [1.82, 2.24) is 9.80 Å². The second kappa shape index (κ2) is 12.8. The Morgan fingerprint density at radius 3 is 1.81 bits per heavy atom. The number of piperazine rings is 1. The zero-order valence-electron chi connectivity index (χ0n) is 19.9. The smallest absolute Gasteiger partial charge is 0.414 e. The number of benzene rings is 2. The summed E-state index contributed by atoms with van der Waals surface area (Å²) in [5.74, 6) is -3.15. The van der Waals surface area contributed by atoms with E-state index in [1.165, 1.54) is 44.6 Å². The van der Waals surface area contributed by atoms with E-state index in [1.54, 1.807) is 11.0 Å². The molecule has 0 aromatic heterocycles. The topological polar surface area (TPSA) is 203 Å². The molecule has 0 atom stereocenters. The predicted octanol–water partition coefficient (Wildman–Crippen LogP) is 1.63. The number of non-ortho nitro benzene ring substituents is 1. The standard InChI is InChI=1S/C20H22N4O7.C2H2O4/c1-30-18-11-15(17(24(28)29)12-19(18)31-2)13-21-7-9-22(10-8-21)20(25)14-3-5-16(6-4-14)23(26)27;3-1(4)2(5)6/h3-6,11-12H,7-10,13H2,1-2H3;(H,3,4)(H,5,6). The Kier molecular flexibility index (Phi) is 9.83. The molecular formula is C22H24N4O11. The van der Waals surface area contributed by atoms with Gasteiger partial charge in [-0.05, 0) is 18.2 Å². The number of amides is 1. The van der Waals surface area contributed by atoms with E-state index in [0.717, 1.165) is 0 Å². The molecule has 15 nitrogen and oxygen atoms in total. The van der Waals surface area contributed by atoms with Crippen LogP contribution in [0.15, 0.2) is 36.4 Å². The molecular weight excluding hydrogens is 496 g/mol. The summed E-state index contributed by atoms with van der Waals surface area (Å²) in [4.78, 5) is 55.8. The van der Waals surface area contributed by atoms with Crippen molar-refractivity contribution in [3.05, 3.63) is 67.8 Å². The van der Waals surface area contributed by atoms with Crippen LogP contribution in [0.2, 0.25) is 0 Å². The zero-order chi connectivity index (χ0) is 27.7. The molecule has 198 valence electrons. The van der Waals surface area contributed by atoms with E-state index in [-0.39, 0.29) is 23.0 Å². The highest BCUT2D eigenvalue weighted by Gasteiger charge is 2.26. The second-order valence-electron chi connectivity index (χ2n) is 7.58. The third-order valence-electron chi connectivity index (χ3n) is 5.34. The van der Waals surface area contributed by atoms with Crippen LogP contribution in [0, 0.1) is 20.2 Å². The molecule has 1 saturated heterocycles. The molecule has 0 spiro atoms. The third kappa shape index (κ3) is 7.60. The molecule has 15 heteroatoms. The van der Waals surface area contributed by atoms with Crippen molar-refractivity contribution in [2.75, 3.05) is 40.4 Å². The number of carbonyl (C=O) groups excluding carboxylic acids is 1. The van der Waals surface area contributed by atoms with Crippen LogP contribution in [0.5, 0.6) is 11.5 Å². The third-order valence-corrected chi connectivity index (χ3v) is 5.34. The molecule has 0 saturated carbocycles. The molecule has 2 aromatic carbocycles. The maximum absolute atomic E-state index is 12.7. The Bertz CT molecular complexity index is 1160. The number of methoxy groups -OCH3 is 2. The van der Waals surface area contributed by atoms with Gasteiger partial charge in [-0.1, -0.05) is 0 Å². The van der Waals surface area contributed by atoms with Gasteiger partial charge in [-0.15, -0.1) is 0 Å². The van der Waals surface area contributed by atoms with Gasteiger partial charge in [0.25, 0.3) is 17.3 Å². The van der Waals surface area contributed by atoms with Crippen molar-refractivity contribution in [1.29, 1.82) is 0 Å². The van der Waals surface area contributed by atoms with Gasteiger partial charge >= 0.3 is 11.9 Å². The van der Waals surface area contributed by atoms with E-state index in [9.17, 15) is 25.0 Å². The molecule has 0 aliphatic carbocycles. The summed E-state index contributed by atoms with van der Waals surface area (Å²) in [6, 6.07) is 8.45. The van der Waals surface area contributed by atoms with Crippen LogP contribution in [-0.2, 0) is 16.1 Å². The Labute approximate surface area is 209 Å². The Morgan fingerprint density at radius 1 is 0.865 bits per heavy atom. The molecule has 1 heterocycles. The fourth-order valence-electron chi connectivity index (χ4n) is 3.47. The number of nitro benzene ring substituents is 2. The van der Waals surface area contributed by atoms with E-state index in [1.807, 2.05) is 4.90 Å². The normalized spacial score (nSPS) is 13.1. The number of rotatable bonds is 7. The van der Waals surface area contributed by atoms with Crippen LogP contribution in [0.25, 0.3) is 0 Å². The first-order valence-corrected chi connectivity index (χ1v) is 10.6. The van der Waals surface area contributed by atoms with Crippen LogP contribution in [-0.4, -0.2) is 88.1 Å². The van der Waals surface area contributed by atoms with Gasteiger partial charge in [-0.25, -0.2) is 9.59 Å². The van der Waals surface area contributed by atoms with E-state index in [4.69, 9.17) is 29.3 Å². The Morgan fingerprint density at radius 2 is 1.38 bits per heavy atom. The quantitative estimate of drug-likeness (QED) is 0.304. The molecule has 2 aromatic rings. The van der Waals surface area contributed by atoms with Crippen LogP contribution < -0.4 is 9.47 Å². The number of carboxylic acids is 2. The van der Waals surface area contributed by atoms with E-state index in [0.29, 0.717) is 49.6 Å². The van der Waals surface area contributed by atoms with Crippen molar-refractivity contribution in [3.63, 3.8) is 0 Å². The van der Waals surface area contributed by atoms with Gasteiger partial charge in [-0.2, -0.15) is 0 Å². The summed E-state index contributed by atoms with van der Waals surface area (Å²) >= 11 is 0. The second-order valence-corrected chi connectivity index (χ2v) is 7.58. The molecule has 1 amide bonds. The Hall–Kier alpha value is -4.79. The van der Waals surface area contributed by atoms with Crippen molar-refractivity contribution < 1.29 is 43.9 Å². The van der Waals surface area contributed by atoms with Crippen LogP contribution in [0.3, 0.4) is 0 Å². The summed E-state index contributed by atoms with van der Waals surface area (Å²) in [7, 11) is 2.89. The lowest BCUT2D eigenvalue weighted by Crippen LogP contribution is -2.48. The number of nitrogens with zero attached hydrogens (tertiary/aromatic N) is 4. The van der Waals surface area contributed by atoms with Gasteiger partial charge in [0.05, 0.1) is 30.1 Å². The highest BCUT2D eigenvalue weighted by Crippen LogP contribution is 2.35. The SMILES string of the molecule is COc1cc(CN2CCN(C(=O)c3ccc([N+](=O)[O-])cc3)CC2)c([N+](=O)[O-])cc1OC.O=C(O)C(=O)O. The van der Waals surface area contributed by atoms with Crippen LogP contribution in [0.1, 0.15) is 15.9 Å². The average molecular weight is 520 g/mol. The summed E-state index contributed by atoms with van der Waals surface area (Å²) in [5.41, 5.74) is 0.757. The largest absolute Gasteiger partial charge is 0.493 e. The number of ether oxygens (including phenoxy) is 2. The first-order valence-electron chi connectivity index (χ1n) is 10.6. The molecule has 0 radical (unpaired) electrons. The maximum atomic E-state index is 12.7. The molecule has 0 unspecified atom stereocenters. The number of hydrogen-bond acceptors (Lipinski definition) is 10. The van der Waals surface area contributed by atoms with E-state index in [2.05, 4.69) is 0 Å². The van der Waals surface area contributed by atoms with Crippen molar-refractivity contribution in [2.45, 2.75) is 6.54 Å². The van der Waals surface area contributed by atoms with Crippen molar-refractivity contribution in [3.8, 4) is 11.5 Å². The van der Waals surface area contributed by atoms with Crippen LogP contribution in [0.4, 0.5) is 11.4 Å². The number of hydrogen-bond donors (Lipinski definition) is 2. The van der Waals surface area contributed by atoms with Crippen molar-refractivity contribution in [2.24, 2.45) is 0 Å². The molecule has 0 bridgehead atoms. The average Bonchev–Trinajstić information content (AvgIpc) is 2.88. The van der Waals surface area contributed by atoms with Gasteiger partial charge in [0.15, 0.2) is 11.5 Å². The molecule has 1 aliphatic rings. The Balaban J connectivity index is 0.000000717. The monoisotopic (exact) mass is 520 g/mol. The fourth-order valence-corrected chi connectivity index (χ4v) is 3.47. The highest BCUT2D eigenvalue weighted by molar-refractivity contribution is 6.27. The molecule has 3 rings (SSSR count). The summed E-state index contributed by atoms with van der Waals surface area (Å²) < 4.78 is 10.4. The lowest BCUT2D eigenvalue weighted by Gasteiger charge is -2.34. The number of nitro groups is 2. The number of carbonyl (C=O) groups is 3.